The number of nitrogens with zero attached hydrogens (tertiary/aromatic N) is 2. The van der Waals surface area contributed by atoms with E-state index in [9.17, 15) is 13.6 Å². The Morgan fingerprint density at radius 3 is 2.75 bits per heavy atom. The molecule has 20 heavy (non-hydrogen) atoms. The first-order chi connectivity index (χ1) is 9.45. The summed E-state index contributed by atoms with van der Waals surface area (Å²) in [5.41, 5.74) is 5.32. The summed E-state index contributed by atoms with van der Waals surface area (Å²) < 4.78 is 28.8. The summed E-state index contributed by atoms with van der Waals surface area (Å²) in [5, 5.41) is 11.2. The molecule has 1 amide bonds. The third-order valence-electron chi connectivity index (χ3n) is 2.51. The quantitative estimate of drug-likeness (QED) is 0.359. The van der Waals surface area contributed by atoms with Crippen LogP contribution >= 0.6 is 0 Å². The van der Waals surface area contributed by atoms with Gasteiger partial charge in [-0.2, -0.15) is 8.78 Å². The molecule has 3 N–H and O–H groups in total. The molecule has 0 aliphatic carbocycles. The van der Waals surface area contributed by atoms with Crippen molar-refractivity contribution in [2.75, 3.05) is 13.6 Å². The van der Waals surface area contributed by atoms with Gasteiger partial charge in [-0.3, -0.25) is 4.79 Å². The normalized spacial score (nSPS) is 11.5. The van der Waals surface area contributed by atoms with Gasteiger partial charge in [0.05, 0.1) is 5.56 Å². The second-order valence-electron chi connectivity index (χ2n) is 3.94. The number of carbonyl (C=O) groups excluding carboxylic acids is 1. The van der Waals surface area contributed by atoms with Crippen molar-refractivity contribution in [3.63, 3.8) is 0 Å². The minimum atomic E-state index is -3.01. The average molecular weight is 287 g/mol. The molecule has 0 atom stereocenters. The molecule has 0 unspecified atom stereocenters. The molecule has 0 spiro atoms. The Balaban J connectivity index is 2.80. The van der Waals surface area contributed by atoms with Gasteiger partial charge in [0.15, 0.2) is 0 Å². The number of oxime groups is 1. The van der Waals surface area contributed by atoms with E-state index in [4.69, 9.17) is 10.9 Å². The Labute approximate surface area is 114 Å². The average Bonchev–Trinajstić information content (AvgIpc) is 2.43. The van der Waals surface area contributed by atoms with E-state index >= 15 is 0 Å². The lowest BCUT2D eigenvalue weighted by molar-refractivity contribution is -0.0502. The highest BCUT2D eigenvalue weighted by Crippen LogP contribution is 2.21. The van der Waals surface area contributed by atoms with Crippen molar-refractivity contribution in [2.24, 2.45) is 10.9 Å². The number of nitrogens with two attached hydrogens (primary N) is 1. The molecule has 8 heteroatoms. The number of amides is 1. The molecule has 0 saturated carbocycles. The smallest absolute Gasteiger partial charge is 0.387 e. The fourth-order valence-corrected chi connectivity index (χ4v) is 1.48. The van der Waals surface area contributed by atoms with E-state index in [-0.39, 0.29) is 30.1 Å². The van der Waals surface area contributed by atoms with E-state index < -0.39 is 12.5 Å². The second kappa shape index (κ2) is 7.27. The van der Waals surface area contributed by atoms with Crippen molar-refractivity contribution in [3.05, 3.63) is 29.8 Å². The molecular weight excluding hydrogens is 272 g/mol. The number of hydrogen-bond donors (Lipinski definition) is 2. The molecule has 0 bridgehead atoms. The topological polar surface area (TPSA) is 88.1 Å². The first kappa shape index (κ1) is 15.7. The van der Waals surface area contributed by atoms with E-state index in [0.29, 0.717) is 0 Å². The summed E-state index contributed by atoms with van der Waals surface area (Å²) in [5.74, 6) is -0.711. The molecule has 6 nitrogen and oxygen atoms in total. The summed E-state index contributed by atoms with van der Waals surface area (Å²) in [6, 6.07) is 5.71. The fourth-order valence-electron chi connectivity index (χ4n) is 1.48. The summed E-state index contributed by atoms with van der Waals surface area (Å²) in [6.07, 6.45) is 0.163. The van der Waals surface area contributed by atoms with Gasteiger partial charge < -0.3 is 20.6 Å². The van der Waals surface area contributed by atoms with Crippen LogP contribution in [-0.2, 0) is 0 Å². The monoisotopic (exact) mass is 287 g/mol. The van der Waals surface area contributed by atoms with E-state index in [0.717, 1.165) is 0 Å². The maximum atomic E-state index is 12.3. The Morgan fingerprint density at radius 2 is 2.15 bits per heavy atom. The lowest BCUT2D eigenvalue weighted by atomic mass is 10.1. The second-order valence-corrected chi connectivity index (χ2v) is 3.94. The van der Waals surface area contributed by atoms with Crippen LogP contribution < -0.4 is 10.5 Å². The van der Waals surface area contributed by atoms with E-state index in [1.807, 2.05) is 0 Å². The molecule has 1 rings (SSSR count). The Morgan fingerprint density at radius 1 is 1.50 bits per heavy atom. The number of ether oxygens (including phenoxy) is 1. The predicted octanol–water partition coefficient (Wildman–Crippen LogP) is 1.50. The minimum Gasteiger partial charge on any atom is -0.434 e. The maximum absolute atomic E-state index is 12.3. The van der Waals surface area contributed by atoms with Crippen LogP contribution in [0.4, 0.5) is 8.78 Å². The highest BCUT2D eigenvalue weighted by atomic mass is 19.3. The molecule has 0 saturated heterocycles. The lowest BCUT2D eigenvalue weighted by Gasteiger charge is -2.18. The van der Waals surface area contributed by atoms with Gasteiger partial charge in [0.25, 0.3) is 5.91 Å². The highest BCUT2D eigenvalue weighted by Gasteiger charge is 2.18. The van der Waals surface area contributed by atoms with Crippen molar-refractivity contribution in [1.82, 2.24) is 4.90 Å². The van der Waals surface area contributed by atoms with Crippen LogP contribution in [-0.4, -0.2) is 42.1 Å². The number of alkyl halides is 2. The van der Waals surface area contributed by atoms with Gasteiger partial charge in [-0.05, 0) is 12.1 Å². The Hall–Kier alpha value is -2.38. The molecule has 0 aliphatic heterocycles. The van der Waals surface area contributed by atoms with E-state index in [1.165, 1.54) is 30.1 Å². The first-order valence-corrected chi connectivity index (χ1v) is 5.71. The van der Waals surface area contributed by atoms with E-state index in [2.05, 4.69) is 9.89 Å². The third-order valence-corrected chi connectivity index (χ3v) is 2.51. The summed E-state index contributed by atoms with van der Waals surface area (Å²) in [4.78, 5) is 13.4. The third kappa shape index (κ3) is 4.38. The van der Waals surface area contributed by atoms with Crippen molar-refractivity contribution in [3.8, 4) is 5.75 Å². The van der Waals surface area contributed by atoms with Crippen LogP contribution in [0.2, 0.25) is 0 Å². The van der Waals surface area contributed by atoms with Gasteiger partial charge >= 0.3 is 6.61 Å². The van der Waals surface area contributed by atoms with Gasteiger partial charge in [-0.1, -0.05) is 17.3 Å². The summed E-state index contributed by atoms with van der Waals surface area (Å²) in [6.45, 7) is -2.83. The van der Waals surface area contributed by atoms with Gasteiger partial charge in [0.2, 0.25) is 0 Å². The minimum absolute atomic E-state index is 0.0230. The number of amidine groups is 1. The van der Waals surface area contributed by atoms with Gasteiger partial charge in [0, 0.05) is 20.0 Å². The Kier molecular flexibility index (Phi) is 5.70. The molecule has 0 radical (unpaired) electrons. The summed E-state index contributed by atoms with van der Waals surface area (Å²) >= 11 is 0. The summed E-state index contributed by atoms with van der Waals surface area (Å²) in [7, 11) is 1.48. The largest absolute Gasteiger partial charge is 0.434 e. The fraction of sp³-hybridized carbons (Fsp3) is 0.333. The standard InChI is InChI=1S/C12H15F2N3O3/c1-17(7-6-10(15)16-19)11(18)8-4-2-3-5-9(8)20-12(13)14/h2-5,12,19H,6-7H2,1H3,(H2,15,16). The zero-order chi connectivity index (χ0) is 15.1. The molecule has 0 aliphatic rings. The molecule has 1 aromatic carbocycles. The number of para-hydroxylation sites is 1. The van der Waals surface area contributed by atoms with Gasteiger partial charge in [-0.25, -0.2) is 0 Å². The number of carbonyl (C=O) groups is 1. The SMILES string of the molecule is CN(CC/C(N)=N/O)C(=O)c1ccccc1OC(F)F. The van der Waals surface area contributed by atoms with Crippen LogP contribution in [0.5, 0.6) is 5.75 Å². The first-order valence-electron chi connectivity index (χ1n) is 5.71. The molecule has 1 aromatic rings. The molecule has 0 heterocycles. The van der Waals surface area contributed by atoms with Crippen molar-refractivity contribution in [1.29, 1.82) is 0 Å². The van der Waals surface area contributed by atoms with E-state index in [1.54, 1.807) is 6.07 Å². The number of hydrogen-bond acceptors (Lipinski definition) is 4. The Bertz CT molecular complexity index is 495. The number of halogens is 2. The molecule has 0 aromatic heterocycles. The van der Waals surface area contributed by atoms with Crippen LogP contribution in [0.3, 0.4) is 0 Å². The van der Waals surface area contributed by atoms with Crippen LogP contribution in [0, 0.1) is 0 Å². The number of rotatable bonds is 6. The van der Waals surface area contributed by atoms with Gasteiger partial charge in [-0.15, -0.1) is 0 Å². The zero-order valence-corrected chi connectivity index (χ0v) is 10.8. The van der Waals surface area contributed by atoms with Crippen molar-refractivity contribution >= 4 is 11.7 Å². The zero-order valence-electron chi connectivity index (χ0n) is 10.8. The van der Waals surface area contributed by atoms with Crippen LogP contribution in [0.15, 0.2) is 29.4 Å². The van der Waals surface area contributed by atoms with Crippen LogP contribution in [0.25, 0.3) is 0 Å². The molecular formula is C12H15F2N3O3. The number of benzene rings is 1. The lowest BCUT2D eigenvalue weighted by Crippen LogP contribution is -2.31. The van der Waals surface area contributed by atoms with Crippen LogP contribution in [0.1, 0.15) is 16.8 Å². The predicted molar refractivity (Wildman–Crippen MR) is 68.1 cm³/mol. The maximum Gasteiger partial charge on any atom is 0.387 e. The van der Waals surface area contributed by atoms with Crippen molar-refractivity contribution in [2.45, 2.75) is 13.0 Å². The van der Waals surface area contributed by atoms with Gasteiger partial charge in [0.1, 0.15) is 11.6 Å². The molecule has 110 valence electrons. The molecule has 0 fully saturated rings. The highest BCUT2D eigenvalue weighted by molar-refractivity contribution is 5.97. The van der Waals surface area contributed by atoms with Crippen molar-refractivity contribution < 1.29 is 23.5 Å².